The van der Waals surface area contributed by atoms with Crippen LogP contribution >= 0.6 is 0 Å². The van der Waals surface area contributed by atoms with E-state index < -0.39 is 0 Å². The van der Waals surface area contributed by atoms with E-state index in [4.69, 9.17) is 15.0 Å². The fourth-order valence-electron chi connectivity index (χ4n) is 1.52. The molecule has 0 fully saturated rings. The van der Waals surface area contributed by atoms with E-state index in [2.05, 4.69) is 15.5 Å². The SMILES string of the molecule is CCOc1cc(NCc2noc(C)n2)ccc1N. The Kier molecular flexibility index (Phi) is 3.66. The monoisotopic (exact) mass is 248 g/mol. The number of aryl methyl sites for hydroxylation is 1. The molecule has 1 aromatic carbocycles. The number of aromatic nitrogens is 2. The van der Waals surface area contributed by atoms with Crippen molar-refractivity contribution in [2.24, 2.45) is 0 Å². The minimum Gasteiger partial charge on any atom is -0.492 e. The topological polar surface area (TPSA) is 86.2 Å². The normalized spacial score (nSPS) is 10.3. The van der Waals surface area contributed by atoms with Gasteiger partial charge in [0.15, 0.2) is 5.82 Å². The molecular weight excluding hydrogens is 232 g/mol. The highest BCUT2D eigenvalue weighted by molar-refractivity contribution is 5.61. The molecule has 0 saturated heterocycles. The molecule has 6 heteroatoms. The summed E-state index contributed by atoms with van der Waals surface area (Å²) in [4.78, 5) is 4.11. The molecule has 96 valence electrons. The zero-order chi connectivity index (χ0) is 13.0. The smallest absolute Gasteiger partial charge is 0.223 e. The Balaban J connectivity index is 2.03. The van der Waals surface area contributed by atoms with Gasteiger partial charge in [0.1, 0.15) is 5.75 Å². The van der Waals surface area contributed by atoms with Gasteiger partial charge < -0.3 is 20.3 Å². The van der Waals surface area contributed by atoms with E-state index in [1.54, 1.807) is 13.0 Å². The molecule has 0 unspecified atom stereocenters. The van der Waals surface area contributed by atoms with E-state index in [0.29, 0.717) is 36.3 Å². The number of nitrogens with two attached hydrogens (primary N) is 1. The van der Waals surface area contributed by atoms with Crippen LogP contribution in [0.5, 0.6) is 5.75 Å². The predicted molar refractivity (Wildman–Crippen MR) is 68.4 cm³/mol. The predicted octanol–water partition coefficient (Wildman–Crippen LogP) is 1.97. The van der Waals surface area contributed by atoms with Crippen LogP contribution < -0.4 is 15.8 Å². The van der Waals surface area contributed by atoms with Crippen LogP contribution in [0, 0.1) is 6.92 Å². The second-order valence-electron chi connectivity index (χ2n) is 3.77. The second kappa shape index (κ2) is 5.39. The van der Waals surface area contributed by atoms with E-state index >= 15 is 0 Å². The van der Waals surface area contributed by atoms with E-state index in [1.165, 1.54) is 0 Å². The molecule has 2 aromatic rings. The minimum absolute atomic E-state index is 0.493. The quantitative estimate of drug-likeness (QED) is 0.787. The van der Waals surface area contributed by atoms with Gasteiger partial charge in [-0.1, -0.05) is 5.16 Å². The number of anilines is 2. The molecule has 0 aliphatic heterocycles. The molecule has 0 bridgehead atoms. The van der Waals surface area contributed by atoms with Crippen molar-refractivity contribution in [2.45, 2.75) is 20.4 Å². The van der Waals surface area contributed by atoms with Crippen molar-refractivity contribution in [1.82, 2.24) is 10.1 Å². The van der Waals surface area contributed by atoms with Crippen molar-refractivity contribution >= 4 is 11.4 Å². The Hall–Kier alpha value is -2.24. The summed E-state index contributed by atoms with van der Waals surface area (Å²) < 4.78 is 10.3. The van der Waals surface area contributed by atoms with Gasteiger partial charge in [0.2, 0.25) is 5.89 Å². The third kappa shape index (κ3) is 2.91. The molecule has 0 aliphatic carbocycles. The fourth-order valence-corrected chi connectivity index (χ4v) is 1.52. The number of nitrogens with one attached hydrogen (secondary N) is 1. The molecule has 1 heterocycles. The third-order valence-corrected chi connectivity index (χ3v) is 2.33. The first-order chi connectivity index (χ1) is 8.69. The molecule has 0 spiro atoms. The zero-order valence-electron chi connectivity index (χ0n) is 10.4. The lowest BCUT2D eigenvalue weighted by Gasteiger charge is -2.09. The summed E-state index contributed by atoms with van der Waals surface area (Å²) in [6.07, 6.45) is 0. The van der Waals surface area contributed by atoms with Gasteiger partial charge in [-0.25, -0.2) is 0 Å². The van der Waals surface area contributed by atoms with Crippen molar-refractivity contribution in [3.05, 3.63) is 29.9 Å². The Labute approximate surface area is 105 Å². The molecule has 0 saturated carbocycles. The average molecular weight is 248 g/mol. The van der Waals surface area contributed by atoms with Crippen molar-refractivity contribution in [2.75, 3.05) is 17.7 Å². The molecule has 0 atom stereocenters. The van der Waals surface area contributed by atoms with E-state index in [9.17, 15) is 0 Å². The average Bonchev–Trinajstić information content (AvgIpc) is 2.76. The molecular formula is C12H16N4O2. The number of ether oxygens (including phenoxy) is 1. The molecule has 0 radical (unpaired) electrons. The van der Waals surface area contributed by atoms with Gasteiger partial charge in [-0.15, -0.1) is 0 Å². The van der Waals surface area contributed by atoms with Gasteiger partial charge in [0, 0.05) is 18.7 Å². The second-order valence-corrected chi connectivity index (χ2v) is 3.77. The molecule has 18 heavy (non-hydrogen) atoms. The van der Waals surface area contributed by atoms with Crippen LogP contribution in [0.4, 0.5) is 11.4 Å². The minimum atomic E-state index is 0.493. The zero-order valence-corrected chi connectivity index (χ0v) is 10.4. The van der Waals surface area contributed by atoms with Gasteiger partial charge in [0.25, 0.3) is 0 Å². The van der Waals surface area contributed by atoms with Crippen LogP contribution in [-0.4, -0.2) is 16.7 Å². The molecule has 1 aromatic heterocycles. The highest BCUT2D eigenvalue weighted by atomic mass is 16.5. The first-order valence-electron chi connectivity index (χ1n) is 5.74. The maximum absolute atomic E-state index is 5.79. The van der Waals surface area contributed by atoms with E-state index in [-0.39, 0.29) is 0 Å². The first kappa shape index (κ1) is 12.2. The van der Waals surface area contributed by atoms with Crippen molar-refractivity contribution < 1.29 is 9.26 Å². The number of benzene rings is 1. The third-order valence-electron chi connectivity index (χ3n) is 2.33. The summed E-state index contributed by atoms with van der Waals surface area (Å²) in [5.74, 6) is 1.84. The summed E-state index contributed by atoms with van der Waals surface area (Å²) in [5.41, 5.74) is 7.31. The lowest BCUT2D eigenvalue weighted by molar-refractivity contribution is 0.342. The van der Waals surface area contributed by atoms with Crippen molar-refractivity contribution in [3.63, 3.8) is 0 Å². The van der Waals surface area contributed by atoms with Gasteiger partial charge in [-0.05, 0) is 19.1 Å². The molecule has 3 N–H and O–H groups in total. The molecule has 0 aliphatic rings. The maximum atomic E-state index is 5.79. The van der Waals surface area contributed by atoms with Gasteiger partial charge >= 0.3 is 0 Å². The Bertz CT molecular complexity index is 525. The molecule has 6 nitrogen and oxygen atoms in total. The van der Waals surface area contributed by atoms with Crippen LogP contribution in [0.3, 0.4) is 0 Å². The van der Waals surface area contributed by atoms with Crippen LogP contribution in [0.1, 0.15) is 18.6 Å². The lowest BCUT2D eigenvalue weighted by atomic mass is 10.2. The molecule has 2 rings (SSSR count). The maximum Gasteiger partial charge on any atom is 0.223 e. The van der Waals surface area contributed by atoms with Crippen LogP contribution in [0.2, 0.25) is 0 Å². The van der Waals surface area contributed by atoms with Gasteiger partial charge in [0.05, 0.1) is 18.8 Å². The summed E-state index contributed by atoms with van der Waals surface area (Å²) in [7, 11) is 0. The summed E-state index contributed by atoms with van der Waals surface area (Å²) in [6.45, 7) is 4.75. The number of rotatable bonds is 5. The standard InChI is InChI=1S/C12H16N4O2/c1-3-17-11-6-9(4-5-10(11)13)14-7-12-15-8(2)18-16-12/h4-6,14H,3,7,13H2,1-2H3. The van der Waals surface area contributed by atoms with E-state index in [1.807, 2.05) is 19.1 Å². The number of hydrogen-bond acceptors (Lipinski definition) is 6. The summed E-state index contributed by atoms with van der Waals surface area (Å²) in [5, 5.41) is 6.98. The Morgan fingerprint density at radius 3 is 2.94 bits per heavy atom. The first-order valence-corrected chi connectivity index (χ1v) is 5.74. The van der Waals surface area contributed by atoms with Crippen LogP contribution in [0.25, 0.3) is 0 Å². The Morgan fingerprint density at radius 1 is 1.44 bits per heavy atom. The van der Waals surface area contributed by atoms with Crippen molar-refractivity contribution in [1.29, 1.82) is 0 Å². The molecule has 0 amide bonds. The van der Waals surface area contributed by atoms with Gasteiger partial charge in [-0.3, -0.25) is 0 Å². The van der Waals surface area contributed by atoms with Gasteiger partial charge in [-0.2, -0.15) is 4.98 Å². The number of nitrogen functional groups attached to an aromatic ring is 1. The number of hydrogen-bond donors (Lipinski definition) is 2. The summed E-state index contributed by atoms with van der Waals surface area (Å²) in [6, 6.07) is 5.53. The van der Waals surface area contributed by atoms with Crippen molar-refractivity contribution in [3.8, 4) is 5.75 Å². The largest absolute Gasteiger partial charge is 0.492 e. The summed E-state index contributed by atoms with van der Waals surface area (Å²) >= 11 is 0. The fraction of sp³-hybridized carbons (Fsp3) is 0.333. The van der Waals surface area contributed by atoms with E-state index in [0.717, 1.165) is 5.69 Å². The van der Waals surface area contributed by atoms with Crippen LogP contribution in [-0.2, 0) is 6.54 Å². The highest BCUT2D eigenvalue weighted by Crippen LogP contribution is 2.25. The number of nitrogens with zero attached hydrogens (tertiary/aromatic N) is 2. The van der Waals surface area contributed by atoms with Crippen LogP contribution in [0.15, 0.2) is 22.7 Å². The highest BCUT2D eigenvalue weighted by Gasteiger charge is 2.04. The lowest BCUT2D eigenvalue weighted by Crippen LogP contribution is -2.03. The Morgan fingerprint density at radius 2 is 2.28 bits per heavy atom.